The van der Waals surface area contributed by atoms with Gasteiger partial charge in [-0.05, 0) is 81.7 Å². The van der Waals surface area contributed by atoms with Gasteiger partial charge in [0.05, 0.1) is 34.8 Å². The second kappa shape index (κ2) is 16.8. The first-order valence-electron chi connectivity index (χ1n) is 21.8. The third kappa shape index (κ3) is 8.40. The fourth-order valence-electron chi connectivity index (χ4n) is 9.48. The van der Waals surface area contributed by atoms with Crippen molar-refractivity contribution >= 4 is 46.1 Å². The summed E-state index contributed by atoms with van der Waals surface area (Å²) in [6.07, 6.45) is 5.62. The van der Waals surface area contributed by atoms with Crippen LogP contribution in [0.25, 0.3) is 33.4 Å². The lowest BCUT2D eigenvalue weighted by Crippen LogP contribution is -2.63. The van der Waals surface area contributed by atoms with E-state index in [4.69, 9.17) is 19.4 Å². The number of pyridine rings is 1. The molecule has 326 valence electrons. The van der Waals surface area contributed by atoms with Crippen LogP contribution in [0.3, 0.4) is 0 Å². The summed E-state index contributed by atoms with van der Waals surface area (Å²) < 4.78 is 14.2. The highest BCUT2D eigenvalue weighted by Gasteiger charge is 2.55. The van der Waals surface area contributed by atoms with Gasteiger partial charge in [0.15, 0.2) is 0 Å². The van der Waals surface area contributed by atoms with Crippen LogP contribution in [-0.4, -0.2) is 112 Å². The number of urea groups is 1. The number of hydrogen-bond donors (Lipinski definition) is 2. The smallest absolute Gasteiger partial charge is 0.324 e. The molecule has 1 aromatic carbocycles. The number of carbonyl (C=O) groups excluding carboxylic acids is 4. The number of aryl methyl sites for hydroxylation is 1. The molecule has 1 saturated carbocycles. The monoisotopic (exact) mass is 852 g/mol. The molecule has 4 atom stereocenters. The first-order valence-corrected chi connectivity index (χ1v) is 22.6. The van der Waals surface area contributed by atoms with Gasteiger partial charge in [-0.2, -0.15) is 0 Å². The highest BCUT2D eigenvalue weighted by molar-refractivity contribution is 7.10. The van der Waals surface area contributed by atoms with Crippen LogP contribution in [-0.2, 0) is 43.2 Å². The Labute approximate surface area is 362 Å². The largest absolute Gasteiger partial charge is 0.464 e. The highest BCUT2D eigenvalue weighted by Crippen LogP contribution is 2.53. The summed E-state index contributed by atoms with van der Waals surface area (Å²) in [5, 5.41) is 8.24. The maximum absolute atomic E-state index is 14.5. The van der Waals surface area contributed by atoms with E-state index in [0.29, 0.717) is 37.4 Å². The first kappa shape index (κ1) is 42.8. The molecule has 0 radical (unpaired) electrons. The molecule has 15 heteroatoms. The van der Waals surface area contributed by atoms with E-state index in [0.717, 1.165) is 70.6 Å². The fraction of sp³-hybridized carbons (Fsp3) is 0.565. The second-order valence-corrected chi connectivity index (χ2v) is 19.7. The molecule has 2 N–H and O–H groups in total. The predicted octanol–water partition coefficient (Wildman–Crippen LogP) is 6.37. The molecule has 1 spiro atoms. The summed E-state index contributed by atoms with van der Waals surface area (Å²) >= 11 is 1.44. The number of fused-ring (bicyclic) bond motifs is 6. The number of carbonyl (C=O) groups is 4. The number of esters is 1. The van der Waals surface area contributed by atoms with E-state index < -0.39 is 35.4 Å². The van der Waals surface area contributed by atoms with Crippen LogP contribution in [0.15, 0.2) is 41.9 Å². The number of benzene rings is 1. The van der Waals surface area contributed by atoms with Crippen molar-refractivity contribution < 1.29 is 28.7 Å². The number of ether oxygens (including phenoxy) is 2. The lowest BCUT2D eigenvalue weighted by Gasteiger charge is -2.44. The van der Waals surface area contributed by atoms with E-state index in [2.05, 4.69) is 60.3 Å². The summed E-state index contributed by atoms with van der Waals surface area (Å²) in [5.74, 6) is -1.45. The molecule has 6 heterocycles. The van der Waals surface area contributed by atoms with Gasteiger partial charge in [-0.15, -0.1) is 11.3 Å². The molecule has 14 nitrogen and oxygen atoms in total. The third-order valence-corrected chi connectivity index (χ3v) is 13.9. The third-order valence-electron chi connectivity index (χ3n) is 13.1. The molecule has 4 aliphatic rings. The van der Waals surface area contributed by atoms with Crippen molar-refractivity contribution in [2.45, 2.75) is 111 Å². The van der Waals surface area contributed by atoms with Gasteiger partial charge in [0.1, 0.15) is 18.1 Å². The Kier molecular flexibility index (Phi) is 11.8. The minimum absolute atomic E-state index is 0.124. The minimum Gasteiger partial charge on any atom is -0.464 e. The van der Waals surface area contributed by atoms with Gasteiger partial charge in [-0.3, -0.25) is 24.4 Å². The zero-order valence-electron chi connectivity index (χ0n) is 36.7. The number of likely N-dealkylation sites (tertiary alicyclic amines) is 1. The Bertz CT molecular complexity index is 2320. The summed E-state index contributed by atoms with van der Waals surface area (Å²) in [7, 11) is 3.36. The molecule has 6 bridgehead atoms. The van der Waals surface area contributed by atoms with Gasteiger partial charge in [0.2, 0.25) is 5.91 Å². The lowest BCUT2D eigenvalue weighted by molar-refractivity contribution is -0.155. The van der Waals surface area contributed by atoms with Crippen LogP contribution < -0.4 is 10.7 Å². The number of cyclic esters (lactones) is 1. The Hall–Kier alpha value is -4.86. The van der Waals surface area contributed by atoms with Crippen molar-refractivity contribution in [1.29, 1.82) is 0 Å². The molecule has 0 unspecified atom stereocenters. The number of thiazole rings is 1. The number of rotatable bonds is 8. The average Bonchev–Trinajstić information content (AvgIpc) is 3.82. The van der Waals surface area contributed by atoms with Crippen molar-refractivity contribution in [2.24, 2.45) is 16.7 Å². The second-order valence-electron chi connectivity index (χ2n) is 18.7. The van der Waals surface area contributed by atoms with E-state index in [-0.39, 0.29) is 42.4 Å². The molecule has 1 aliphatic carbocycles. The number of nitrogens with one attached hydrogen (secondary N) is 2. The minimum atomic E-state index is -1.02. The topological polar surface area (TPSA) is 151 Å². The highest BCUT2D eigenvalue weighted by atomic mass is 32.1. The van der Waals surface area contributed by atoms with Crippen LogP contribution in [0.2, 0.25) is 0 Å². The SMILES string of the molecule is CCn1c(-c2cccnc2[C@H](C)OC)c2c3cc(ccc31)-c1csc(n1)C[C@H](NC(=O)[C@H](C(C)C)N(C)C(=O)N1CC3(CC3)C1)C(=O)N1CCC[C@H](N1)C(=O)OCC(C)(C)C2. The molecule has 3 fully saturated rings. The van der Waals surface area contributed by atoms with E-state index >= 15 is 0 Å². The first-order chi connectivity index (χ1) is 29.1. The number of nitrogens with zero attached hydrogens (tertiary/aromatic N) is 6. The summed E-state index contributed by atoms with van der Waals surface area (Å²) in [6.45, 7) is 14.8. The fourth-order valence-corrected chi connectivity index (χ4v) is 10.3. The van der Waals surface area contributed by atoms with Crippen molar-refractivity contribution in [1.82, 2.24) is 40.1 Å². The van der Waals surface area contributed by atoms with Crippen molar-refractivity contribution in [2.75, 3.05) is 40.4 Å². The molecular weight excluding hydrogens is 793 g/mol. The standard InChI is InChI=1S/C46H60N8O6S/c1-9-53-36-15-14-29-20-31(36)32(40(53)30-12-10-18-47-38(30)28(4)59-8)22-45(5,6)26-60-43(57)33-13-11-19-54(50-33)42(56)34(21-37-48-35(29)23-61-37)49-41(55)39(27(2)3)51(7)44(58)52-24-46(25-52)16-17-46/h10,12,14-15,18,20,23,27-28,33-34,39,50H,9,11,13,16-17,19,21-22,24-26H2,1-8H3,(H,49,55)/t28-,33-,34-,39-/m0/s1. The Balaban J connectivity index is 1.18. The van der Waals surface area contributed by atoms with Crippen LogP contribution in [0.5, 0.6) is 0 Å². The number of methoxy groups -OCH3 is 1. The maximum Gasteiger partial charge on any atom is 0.324 e. The number of hydrazine groups is 1. The Morgan fingerprint density at radius 1 is 1.15 bits per heavy atom. The van der Waals surface area contributed by atoms with E-state index in [1.165, 1.54) is 21.2 Å². The summed E-state index contributed by atoms with van der Waals surface area (Å²) in [5.41, 5.74) is 9.71. The van der Waals surface area contributed by atoms with Gasteiger partial charge in [-0.25, -0.2) is 15.2 Å². The van der Waals surface area contributed by atoms with E-state index in [1.54, 1.807) is 20.4 Å². The van der Waals surface area contributed by atoms with Gasteiger partial charge >= 0.3 is 12.0 Å². The quantitative estimate of drug-likeness (QED) is 0.193. The van der Waals surface area contributed by atoms with Crippen LogP contribution in [0.1, 0.15) is 89.6 Å². The molecular formula is C46H60N8O6S. The maximum atomic E-state index is 14.5. The van der Waals surface area contributed by atoms with E-state index in [1.807, 2.05) is 37.1 Å². The lowest BCUT2D eigenvalue weighted by atomic mass is 9.84. The molecule has 3 aliphatic heterocycles. The number of amides is 4. The summed E-state index contributed by atoms with van der Waals surface area (Å²) in [6, 6.07) is 7.72. The number of hydrogen-bond acceptors (Lipinski definition) is 10. The van der Waals surface area contributed by atoms with Crippen LogP contribution in [0, 0.1) is 16.7 Å². The zero-order chi connectivity index (χ0) is 43.4. The van der Waals surface area contributed by atoms with Gasteiger partial charge < -0.3 is 29.2 Å². The molecule has 3 aromatic heterocycles. The Morgan fingerprint density at radius 2 is 1.92 bits per heavy atom. The van der Waals surface area contributed by atoms with E-state index in [9.17, 15) is 19.2 Å². The molecule has 8 rings (SSSR count). The number of aromatic nitrogens is 3. The molecule has 2 saturated heterocycles. The van der Waals surface area contributed by atoms with Crippen molar-refractivity contribution in [3.05, 3.63) is 58.2 Å². The predicted molar refractivity (Wildman–Crippen MR) is 234 cm³/mol. The van der Waals surface area contributed by atoms with Crippen LogP contribution >= 0.6 is 11.3 Å². The number of likely N-dealkylation sites (N-methyl/N-ethyl adjacent to an activating group) is 1. The van der Waals surface area contributed by atoms with Crippen molar-refractivity contribution in [3.63, 3.8) is 0 Å². The zero-order valence-corrected chi connectivity index (χ0v) is 37.6. The summed E-state index contributed by atoms with van der Waals surface area (Å²) in [4.78, 5) is 69.5. The van der Waals surface area contributed by atoms with Crippen LogP contribution in [0.4, 0.5) is 4.79 Å². The molecule has 61 heavy (non-hydrogen) atoms. The Morgan fingerprint density at radius 3 is 2.62 bits per heavy atom. The molecule has 4 aromatic rings. The normalized spacial score (nSPS) is 22.0. The van der Waals surface area contributed by atoms with Gasteiger partial charge in [0.25, 0.3) is 5.91 Å². The molecule has 4 amide bonds. The van der Waals surface area contributed by atoms with Gasteiger partial charge in [0, 0.05) is 91.2 Å². The van der Waals surface area contributed by atoms with Crippen molar-refractivity contribution in [3.8, 4) is 22.5 Å². The van der Waals surface area contributed by atoms with Gasteiger partial charge in [-0.1, -0.05) is 33.8 Å². The average molecular weight is 853 g/mol.